The molecule has 0 saturated carbocycles. The fourth-order valence-corrected chi connectivity index (χ4v) is 3.21. The van der Waals surface area contributed by atoms with Crippen LogP contribution in [-0.4, -0.2) is 57.3 Å². The van der Waals surface area contributed by atoms with E-state index in [1.54, 1.807) is 6.26 Å². The number of aliphatic imine (C=N–C) groups is 1. The quantitative estimate of drug-likeness (QED) is 0.234. The zero-order valence-corrected chi connectivity index (χ0v) is 18.5. The smallest absolute Gasteiger partial charge is 0.191 e. The van der Waals surface area contributed by atoms with Crippen LogP contribution >= 0.6 is 24.0 Å². The molecule has 26 heavy (non-hydrogen) atoms. The summed E-state index contributed by atoms with van der Waals surface area (Å²) in [4.78, 5) is 6.85. The molecule has 6 nitrogen and oxygen atoms in total. The highest BCUT2D eigenvalue weighted by Crippen LogP contribution is 2.24. The van der Waals surface area contributed by atoms with Crippen molar-refractivity contribution in [2.75, 3.05) is 46.4 Å². The molecule has 7 heteroatoms. The fraction of sp³-hybridized carbons (Fsp3) is 0.737. The third-order valence-electron chi connectivity index (χ3n) is 4.60. The van der Waals surface area contributed by atoms with Crippen molar-refractivity contribution < 1.29 is 9.15 Å². The van der Waals surface area contributed by atoms with E-state index in [1.165, 1.54) is 19.3 Å². The highest BCUT2D eigenvalue weighted by Gasteiger charge is 2.24. The summed E-state index contributed by atoms with van der Waals surface area (Å²) in [5.74, 6) is 1.88. The zero-order chi connectivity index (χ0) is 17.7. The lowest BCUT2D eigenvalue weighted by Crippen LogP contribution is -2.44. The number of ether oxygens (including phenoxy) is 1. The molecule has 0 aliphatic carbocycles. The van der Waals surface area contributed by atoms with Crippen LogP contribution in [0.3, 0.4) is 0 Å². The molecule has 0 amide bonds. The van der Waals surface area contributed by atoms with Crippen molar-refractivity contribution in [1.29, 1.82) is 0 Å². The van der Waals surface area contributed by atoms with Gasteiger partial charge in [0, 0.05) is 33.4 Å². The molecule has 1 aromatic rings. The Morgan fingerprint density at radius 1 is 1.27 bits per heavy atom. The van der Waals surface area contributed by atoms with E-state index in [0.717, 1.165) is 64.0 Å². The molecule has 0 aromatic carbocycles. The number of nitrogens with one attached hydrogen (secondary N) is 2. The van der Waals surface area contributed by atoms with E-state index in [2.05, 4.69) is 26.6 Å². The van der Waals surface area contributed by atoms with Crippen molar-refractivity contribution in [3.63, 3.8) is 0 Å². The normalized spacial score (nSPS) is 16.8. The minimum absolute atomic E-state index is 0. The molecule has 1 fully saturated rings. The molecule has 1 aliphatic rings. The van der Waals surface area contributed by atoms with Crippen LogP contribution in [0.1, 0.15) is 50.8 Å². The van der Waals surface area contributed by atoms with Gasteiger partial charge in [0.05, 0.1) is 12.3 Å². The van der Waals surface area contributed by atoms with Gasteiger partial charge in [0.15, 0.2) is 5.96 Å². The first-order valence-electron chi connectivity index (χ1n) is 9.65. The molecule has 1 aromatic heterocycles. The fourth-order valence-electron chi connectivity index (χ4n) is 3.21. The topological polar surface area (TPSA) is 62.0 Å². The Morgan fingerprint density at radius 3 is 2.73 bits per heavy atom. The predicted octanol–water partition coefficient (Wildman–Crippen LogP) is 3.41. The van der Waals surface area contributed by atoms with Crippen LogP contribution in [0, 0.1) is 0 Å². The molecule has 0 spiro atoms. The maximum absolute atomic E-state index is 5.70. The van der Waals surface area contributed by atoms with Crippen molar-refractivity contribution in [2.24, 2.45) is 4.99 Å². The number of furan rings is 1. The summed E-state index contributed by atoms with van der Waals surface area (Å²) in [7, 11) is 1.82. The molecule has 2 rings (SSSR count). The minimum Gasteiger partial charge on any atom is -0.468 e. The number of nitrogens with zero attached hydrogens (tertiary/aromatic N) is 2. The van der Waals surface area contributed by atoms with E-state index in [9.17, 15) is 0 Å². The molecule has 1 saturated heterocycles. The number of rotatable bonds is 10. The average molecular weight is 478 g/mol. The van der Waals surface area contributed by atoms with Gasteiger partial charge in [-0.1, -0.05) is 6.42 Å². The predicted molar refractivity (Wildman–Crippen MR) is 117 cm³/mol. The van der Waals surface area contributed by atoms with E-state index in [1.807, 2.05) is 20.0 Å². The zero-order valence-electron chi connectivity index (χ0n) is 16.2. The van der Waals surface area contributed by atoms with Gasteiger partial charge in [-0.3, -0.25) is 9.89 Å². The van der Waals surface area contributed by atoms with Crippen LogP contribution in [0.4, 0.5) is 0 Å². The summed E-state index contributed by atoms with van der Waals surface area (Å²) >= 11 is 0. The lowest BCUT2D eigenvalue weighted by molar-refractivity contribution is 0.143. The highest BCUT2D eigenvalue weighted by atomic mass is 127. The lowest BCUT2D eigenvalue weighted by atomic mass is 10.1. The summed E-state index contributed by atoms with van der Waals surface area (Å²) in [6.07, 6.45) is 7.78. The number of likely N-dealkylation sites (tertiary alicyclic amines) is 1. The Morgan fingerprint density at radius 2 is 2.08 bits per heavy atom. The number of hydrogen-bond acceptors (Lipinski definition) is 4. The molecule has 150 valence electrons. The Balaban J connectivity index is 0.00000338. The number of guanidine groups is 1. The van der Waals surface area contributed by atoms with Crippen molar-refractivity contribution in [2.45, 2.75) is 45.1 Å². The number of halogens is 1. The van der Waals surface area contributed by atoms with E-state index in [0.29, 0.717) is 0 Å². The largest absolute Gasteiger partial charge is 0.468 e. The Bertz CT molecular complexity index is 476. The number of hydrogen-bond donors (Lipinski definition) is 2. The summed E-state index contributed by atoms with van der Waals surface area (Å²) in [6, 6.07) is 4.30. The summed E-state index contributed by atoms with van der Waals surface area (Å²) in [5.41, 5.74) is 0. The van der Waals surface area contributed by atoms with E-state index < -0.39 is 0 Å². The van der Waals surface area contributed by atoms with Gasteiger partial charge in [-0.25, -0.2) is 0 Å². The Hall–Kier alpha value is -0.800. The summed E-state index contributed by atoms with van der Waals surface area (Å²) in [6.45, 7) is 7.63. The minimum atomic E-state index is 0. The SMILES string of the molecule is CCOCCCCNC(=NC)NCC(c1ccco1)N1CCCCC1.I. The number of piperidine rings is 1. The molecular weight excluding hydrogens is 443 g/mol. The molecule has 2 N–H and O–H groups in total. The van der Waals surface area contributed by atoms with E-state index >= 15 is 0 Å². The third kappa shape index (κ3) is 8.26. The number of unbranched alkanes of at least 4 members (excludes halogenated alkanes) is 1. The first kappa shape index (κ1) is 23.2. The Labute approximate surface area is 175 Å². The molecule has 2 heterocycles. The average Bonchev–Trinajstić information content (AvgIpc) is 3.18. The standard InChI is InChI=1S/C19H34N4O2.HI/c1-3-24-14-8-5-11-21-19(20-2)22-16-17(18-10-9-15-25-18)23-12-6-4-7-13-23;/h9-10,15,17H,3-8,11-14,16H2,1-2H3,(H2,20,21,22);1H. The molecule has 1 unspecified atom stereocenters. The van der Waals surface area contributed by atoms with Gasteiger partial charge in [-0.15, -0.1) is 24.0 Å². The maximum Gasteiger partial charge on any atom is 0.191 e. The van der Waals surface area contributed by atoms with Crippen LogP contribution in [0.5, 0.6) is 0 Å². The van der Waals surface area contributed by atoms with Crippen LogP contribution in [0.25, 0.3) is 0 Å². The van der Waals surface area contributed by atoms with Crippen molar-refractivity contribution in [3.8, 4) is 0 Å². The summed E-state index contributed by atoms with van der Waals surface area (Å²) in [5, 5.41) is 6.85. The first-order chi connectivity index (χ1) is 12.3. The van der Waals surface area contributed by atoms with Gasteiger partial charge < -0.3 is 19.8 Å². The van der Waals surface area contributed by atoms with Gasteiger partial charge in [0.2, 0.25) is 0 Å². The molecular formula is C19H35IN4O2. The second-order valence-corrected chi connectivity index (χ2v) is 6.41. The van der Waals surface area contributed by atoms with Crippen molar-refractivity contribution in [1.82, 2.24) is 15.5 Å². The summed E-state index contributed by atoms with van der Waals surface area (Å²) < 4.78 is 11.1. The van der Waals surface area contributed by atoms with Gasteiger partial charge >= 0.3 is 0 Å². The van der Waals surface area contributed by atoms with Crippen LogP contribution < -0.4 is 10.6 Å². The molecule has 1 atom stereocenters. The van der Waals surface area contributed by atoms with Gasteiger partial charge in [0.1, 0.15) is 5.76 Å². The molecule has 0 bridgehead atoms. The van der Waals surface area contributed by atoms with Gasteiger partial charge in [0.25, 0.3) is 0 Å². The highest BCUT2D eigenvalue weighted by molar-refractivity contribution is 14.0. The van der Waals surface area contributed by atoms with E-state index in [4.69, 9.17) is 9.15 Å². The van der Waals surface area contributed by atoms with Crippen LogP contribution in [0.2, 0.25) is 0 Å². The second kappa shape index (κ2) is 14.3. The first-order valence-corrected chi connectivity index (χ1v) is 9.65. The van der Waals surface area contributed by atoms with Crippen molar-refractivity contribution in [3.05, 3.63) is 24.2 Å². The van der Waals surface area contributed by atoms with E-state index in [-0.39, 0.29) is 30.0 Å². The van der Waals surface area contributed by atoms with Gasteiger partial charge in [-0.2, -0.15) is 0 Å². The van der Waals surface area contributed by atoms with Gasteiger partial charge in [-0.05, 0) is 57.8 Å². The Kier molecular flexibility index (Phi) is 12.8. The molecule has 1 aliphatic heterocycles. The monoisotopic (exact) mass is 478 g/mol. The van der Waals surface area contributed by atoms with Crippen LogP contribution in [-0.2, 0) is 4.74 Å². The lowest BCUT2D eigenvalue weighted by Gasteiger charge is -2.33. The maximum atomic E-state index is 5.70. The third-order valence-corrected chi connectivity index (χ3v) is 4.60. The molecule has 0 radical (unpaired) electrons. The van der Waals surface area contributed by atoms with Crippen LogP contribution in [0.15, 0.2) is 27.8 Å². The van der Waals surface area contributed by atoms with Crippen molar-refractivity contribution >= 4 is 29.9 Å². The second-order valence-electron chi connectivity index (χ2n) is 6.41.